The quantitative estimate of drug-likeness (QED) is 0.743. The largest absolute Gasteiger partial charge is 0.482 e. The van der Waals surface area contributed by atoms with Gasteiger partial charge in [0.1, 0.15) is 11.6 Å². The fourth-order valence-electron chi connectivity index (χ4n) is 3.87. The van der Waals surface area contributed by atoms with Crippen molar-refractivity contribution in [3.05, 3.63) is 48.2 Å². The molecule has 0 spiro atoms. The van der Waals surface area contributed by atoms with E-state index in [4.69, 9.17) is 4.74 Å². The molecule has 1 N–H and O–H groups in total. The van der Waals surface area contributed by atoms with Gasteiger partial charge in [-0.3, -0.25) is 9.59 Å². The van der Waals surface area contributed by atoms with Gasteiger partial charge in [-0.25, -0.2) is 4.98 Å². The summed E-state index contributed by atoms with van der Waals surface area (Å²) in [6.45, 7) is 5.25. The highest BCUT2D eigenvalue weighted by Crippen LogP contribution is 2.31. The number of hydrogen-bond acceptors (Lipinski definition) is 5. The number of rotatable bonds is 6. The van der Waals surface area contributed by atoms with Crippen molar-refractivity contribution in [1.29, 1.82) is 0 Å². The first kappa shape index (κ1) is 20.2. The number of pyridine rings is 1. The Morgan fingerprint density at radius 3 is 2.77 bits per heavy atom. The van der Waals surface area contributed by atoms with Crippen molar-refractivity contribution in [3.63, 3.8) is 0 Å². The van der Waals surface area contributed by atoms with Gasteiger partial charge in [0.2, 0.25) is 0 Å². The third-order valence-corrected chi connectivity index (χ3v) is 5.75. The summed E-state index contributed by atoms with van der Waals surface area (Å²) in [7, 11) is 0. The second-order valence-corrected chi connectivity index (χ2v) is 7.99. The van der Waals surface area contributed by atoms with Crippen LogP contribution in [0, 0.1) is 5.92 Å². The number of amides is 2. The van der Waals surface area contributed by atoms with Gasteiger partial charge in [0.05, 0.1) is 11.3 Å². The molecule has 1 aromatic carbocycles. The Labute approximate surface area is 177 Å². The molecule has 0 radical (unpaired) electrons. The number of likely N-dealkylation sites (tertiary alicyclic amines) is 1. The van der Waals surface area contributed by atoms with E-state index in [1.807, 2.05) is 41.3 Å². The molecule has 0 saturated carbocycles. The molecule has 2 aromatic rings. The van der Waals surface area contributed by atoms with E-state index in [1.54, 1.807) is 11.1 Å². The zero-order chi connectivity index (χ0) is 20.9. The van der Waals surface area contributed by atoms with Crippen molar-refractivity contribution in [2.75, 3.05) is 43.0 Å². The first-order chi connectivity index (χ1) is 14.6. The molecule has 0 atom stereocenters. The van der Waals surface area contributed by atoms with Gasteiger partial charge in [-0.2, -0.15) is 0 Å². The van der Waals surface area contributed by atoms with E-state index in [-0.39, 0.29) is 18.4 Å². The van der Waals surface area contributed by atoms with Gasteiger partial charge in [-0.05, 0) is 49.4 Å². The molecule has 2 amide bonds. The minimum absolute atomic E-state index is 0.0261. The lowest BCUT2D eigenvalue weighted by atomic mass is 9.99. The van der Waals surface area contributed by atoms with Crippen molar-refractivity contribution >= 4 is 23.3 Å². The van der Waals surface area contributed by atoms with Crippen molar-refractivity contribution in [1.82, 2.24) is 9.88 Å². The Balaban J connectivity index is 1.26. The maximum atomic E-state index is 12.6. The van der Waals surface area contributed by atoms with E-state index in [0.717, 1.165) is 49.6 Å². The number of carbonyl (C=O) groups excluding carboxylic acids is 2. The fourth-order valence-corrected chi connectivity index (χ4v) is 3.87. The number of anilines is 2. The Morgan fingerprint density at radius 2 is 2.00 bits per heavy atom. The molecule has 1 saturated heterocycles. The average Bonchev–Trinajstić information content (AvgIpc) is 2.78. The summed E-state index contributed by atoms with van der Waals surface area (Å²) in [6.07, 6.45) is 4.54. The van der Waals surface area contributed by atoms with E-state index in [2.05, 4.69) is 17.2 Å². The van der Waals surface area contributed by atoms with Crippen molar-refractivity contribution in [2.45, 2.75) is 26.2 Å². The predicted octanol–water partition coefficient (Wildman–Crippen LogP) is 3.18. The molecule has 4 rings (SSSR count). The number of nitrogens with one attached hydrogen (secondary N) is 1. The number of para-hydroxylation sites is 2. The third-order valence-electron chi connectivity index (χ3n) is 5.75. The maximum absolute atomic E-state index is 12.6. The van der Waals surface area contributed by atoms with Gasteiger partial charge in [0.25, 0.3) is 11.8 Å². The van der Waals surface area contributed by atoms with E-state index < -0.39 is 0 Å². The molecule has 3 heterocycles. The van der Waals surface area contributed by atoms with Gasteiger partial charge in [-0.15, -0.1) is 0 Å². The number of piperidine rings is 1. The van der Waals surface area contributed by atoms with Crippen LogP contribution in [-0.4, -0.2) is 54.5 Å². The normalized spacial score (nSPS) is 16.8. The first-order valence-electron chi connectivity index (χ1n) is 10.6. The summed E-state index contributed by atoms with van der Waals surface area (Å²) in [4.78, 5) is 32.9. The van der Waals surface area contributed by atoms with E-state index in [0.29, 0.717) is 24.6 Å². The van der Waals surface area contributed by atoms with Gasteiger partial charge in [-0.1, -0.05) is 19.1 Å². The molecule has 0 unspecified atom stereocenters. The lowest BCUT2D eigenvalue weighted by Crippen LogP contribution is -2.39. The SMILES string of the molecule is CC1CCN(C(=O)c2ccc(NCCCN3C(=O)COc4ccccc43)nc2)CC1. The Bertz CT molecular complexity index is 892. The molecule has 158 valence electrons. The Kier molecular flexibility index (Phi) is 6.16. The molecule has 1 fully saturated rings. The number of ether oxygens (including phenoxy) is 1. The van der Waals surface area contributed by atoms with E-state index in [9.17, 15) is 9.59 Å². The molecule has 0 aliphatic carbocycles. The molecule has 0 bridgehead atoms. The van der Waals surface area contributed by atoms with Crippen LogP contribution in [0.3, 0.4) is 0 Å². The zero-order valence-corrected chi connectivity index (χ0v) is 17.3. The van der Waals surface area contributed by atoms with Crippen LogP contribution in [0.2, 0.25) is 0 Å². The van der Waals surface area contributed by atoms with Gasteiger partial charge >= 0.3 is 0 Å². The summed E-state index contributed by atoms with van der Waals surface area (Å²) < 4.78 is 5.47. The van der Waals surface area contributed by atoms with Crippen LogP contribution in [-0.2, 0) is 4.79 Å². The monoisotopic (exact) mass is 408 g/mol. The number of fused-ring (bicyclic) bond motifs is 1. The minimum atomic E-state index is -0.0261. The smallest absolute Gasteiger partial charge is 0.265 e. The topological polar surface area (TPSA) is 74.8 Å². The molecule has 7 nitrogen and oxygen atoms in total. The number of carbonyl (C=O) groups is 2. The summed E-state index contributed by atoms with van der Waals surface area (Å²) in [6, 6.07) is 11.3. The fraction of sp³-hybridized carbons (Fsp3) is 0.435. The van der Waals surface area contributed by atoms with Crippen molar-refractivity contribution in [3.8, 4) is 5.75 Å². The highest BCUT2D eigenvalue weighted by Gasteiger charge is 2.24. The van der Waals surface area contributed by atoms with Gasteiger partial charge < -0.3 is 19.9 Å². The summed E-state index contributed by atoms with van der Waals surface area (Å²) in [5.41, 5.74) is 1.45. The molecule has 1 aromatic heterocycles. The van der Waals surface area contributed by atoms with Crippen LogP contribution in [0.25, 0.3) is 0 Å². The lowest BCUT2D eigenvalue weighted by Gasteiger charge is -2.30. The molecular formula is C23H28N4O3. The van der Waals surface area contributed by atoms with Crippen LogP contribution < -0.4 is 15.0 Å². The number of benzene rings is 1. The summed E-state index contributed by atoms with van der Waals surface area (Å²) in [5, 5.41) is 3.27. The van der Waals surface area contributed by atoms with Gasteiger partial charge in [0, 0.05) is 32.4 Å². The molecule has 7 heteroatoms. The molecule has 2 aliphatic heterocycles. The standard InChI is InChI=1S/C23H28N4O3/c1-17-9-13-26(14-10-17)23(29)18-7-8-21(25-15-18)24-11-4-12-27-19-5-2-3-6-20(19)30-16-22(27)28/h2-3,5-8,15,17H,4,9-14,16H2,1H3,(H,24,25). The van der Waals surface area contributed by atoms with Gasteiger partial charge in [0.15, 0.2) is 6.61 Å². The maximum Gasteiger partial charge on any atom is 0.265 e. The van der Waals surface area contributed by atoms with Crippen LogP contribution in [0.4, 0.5) is 11.5 Å². The number of aromatic nitrogens is 1. The zero-order valence-electron chi connectivity index (χ0n) is 17.3. The predicted molar refractivity (Wildman–Crippen MR) is 116 cm³/mol. The summed E-state index contributed by atoms with van der Waals surface area (Å²) >= 11 is 0. The summed E-state index contributed by atoms with van der Waals surface area (Å²) in [5.74, 6) is 2.20. The molecule has 2 aliphatic rings. The second kappa shape index (κ2) is 9.15. The Hall–Kier alpha value is -3.09. The highest BCUT2D eigenvalue weighted by molar-refractivity contribution is 5.97. The minimum Gasteiger partial charge on any atom is -0.482 e. The van der Waals surface area contributed by atoms with E-state index in [1.165, 1.54) is 0 Å². The number of nitrogens with zero attached hydrogens (tertiary/aromatic N) is 3. The van der Waals surface area contributed by atoms with E-state index >= 15 is 0 Å². The highest BCUT2D eigenvalue weighted by atomic mass is 16.5. The molecule has 30 heavy (non-hydrogen) atoms. The first-order valence-corrected chi connectivity index (χ1v) is 10.6. The second-order valence-electron chi connectivity index (χ2n) is 7.99. The lowest BCUT2D eigenvalue weighted by molar-refractivity contribution is -0.121. The third kappa shape index (κ3) is 4.56. The average molecular weight is 409 g/mol. The van der Waals surface area contributed by atoms with Crippen LogP contribution in [0.15, 0.2) is 42.6 Å². The number of hydrogen-bond donors (Lipinski definition) is 1. The van der Waals surface area contributed by atoms with Crippen molar-refractivity contribution < 1.29 is 14.3 Å². The van der Waals surface area contributed by atoms with Crippen LogP contribution >= 0.6 is 0 Å². The van der Waals surface area contributed by atoms with Crippen molar-refractivity contribution in [2.24, 2.45) is 5.92 Å². The Morgan fingerprint density at radius 1 is 1.20 bits per heavy atom. The van der Waals surface area contributed by atoms with Crippen LogP contribution in [0.5, 0.6) is 5.75 Å². The molecular weight excluding hydrogens is 380 g/mol. The van der Waals surface area contributed by atoms with Crippen LogP contribution in [0.1, 0.15) is 36.5 Å².